The molecule has 3 aromatic rings. The molecule has 1 aliphatic carbocycles. The van der Waals surface area contributed by atoms with Gasteiger partial charge in [0.05, 0.1) is 16.9 Å². The Kier molecular flexibility index (Phi) is 6.95. The summed E-state index contributed by atoms with van der Waals surface area (Å²) in [6, 6.07) is 15.5. The van der Waals surface area contributed by atoms with Gasteiger partial charge in [0, 0.05) is 36.1 Å². The number of hydrogen-bond acceptors (Lipinski definition) is 4. The third kappa shape index (κ3) is 5.50. The maximum absolute atomic E-state index is 13.5. The van der Waals surface area contributed by atoms with Crippen LogP contribution in [0.15, 0.2) is 60.7 Å². The summed E-state index contributed by atoms with van der Waals surface area (Å²) in [6.45, 7) is 2.07. The van der Waals surface area contributed by atoms with Gasteiger partial charge in [0.2, 0.25) is 0 Å². The van der Waals surface area contributed by atoms with Gasteiger partial charge in [-0.3, -0.25) is 4.90 Å². The fraction of sp³-hybridized carbons (Fsp3) is 0.357. The molecule has 1 aromatic heterocycles. The number of pyridine rings is 1. The van der Waals surface area contributed by atoms with Crippen molar-refractivity contribution in [2.45, 2.75) is 50.7 Å². The van der Waals surface area contributed by atoms with Crippen molar-refractivity contribution in [3.05, 3.63) is 66.2 Å². The van der Waals surface area contributed by atoms with E-state index in [2.05, 4.69) is 15.2 Å². The first-order chi connectivity index (χ1) is 17.8. The summed E-state index contributed by atoms with van der Waals surface area (Å²) in [5.74, 6) is 0.252. The van der Waals surface area contributed by atoms with Crippen LogP contribution >= 0.6 is 0 Å². The third-order valence-corrected chi connectivity index (χ3v) is 7.12. The summed E-state index contributed by atoms with van der Waals surface area (Å²) in [4.78, 5) is 21.9. The topological polar surface area (TPSA) is 74.5 Å². The molecule has 1 saturated carbocycles. The van der Waals surface area contributed by atoms with E-state index >= 15 is 0 Å². The van der Waals surface area contributed by atoms with Crippen LogP contribution < -0.4 is 20.9 Å². The van der Waals surface area contributed by atoms with Crippen molar-refractivity contribution in [3.8, 4) is 11.3 Å². The van der Waals surface area contributed by atoms with Gasteiger partial charge in [0.1, 0.15) is 0 Å². The van der Waals surface area contributed by atoms with Crippen molar-refractivity contribution in [3.63, 3.8) is 0 Å². The number of anilines is 4. The van der Waals surface area contributed by atoms with Crippen LogP contribution in [0.2, 0.25) is 0 Å². The molecule has 194 valence electrons. The fourth-order valence-electron chi connectivity index (χ4n) is 4.84. The van der Waals surface area contributed by atoms with Gasteiger partial charge in [-0.15, -0.1) is 0 Å². The van der Waals surface area contributed by atoms with Crippen LogP contribution in [0.1, 0.15) is 44.1 Å². The number of nitrogens with two attached hydrogens (primary N) is 1. The highest BCUT2D eigenvalue weighted by Crippen LogP contribution is 2.36. The highest BCUT2D eigenvalue weighted by Gasteiger charge is 2.33. The van der Waals surface area contributed by atoms with Crippen molar-refractivity contribution >= 4 is 28.9 Å². The van der Waals surface area contributed by atoms with Crippen LogP contribution in [-0.4, -0.2) is 30.1 Å². The van der Waals surface area contributed by atoms with E-state index in [-0.39, 0.29) is 17.9 Å². The van der Waals surface area contributed by atoms with Crippen LogP contribution in [0.5, 0.6) is 0 Å². The summed E-state index contributed by atoms with van der Waals surface area (Å²) in [7, 11) is 0. The molecule has 2 fully saturated rings. The Bertz CT molecular complexity index is 1250. The number of carbonyl (C=O) groups is 1. The molecule has 2 heterocycles. The molecule has 1 saturated heterocycles. The molecular formula is C28H30F3N5O. The fourth-order valence-corrected chi connectivity index (χ4v) is 4.84. The van der Waals surface area contributed by atoms with Crippen LogP contribution in [0, 0.1) is 0 Å². The normalized spacial score (nSPS) is 16.2. The first kappa shape index (κ1) is 24.9. The zero-order chi connectivity index (χ0) is 26.0. The number of rotatable bonds is 5. The lowest BCUT2D eigenvalue weighted by molar-refractivity contribution is -0.137. The van der Waals surface area contributed by atoms with Gasteiger partial charge >= 0.3 is 12.2 Å². The van der Waals surface area contributed by atoms with E-state index in [9.17, 15) is 18.0 Å². The van der Waals surface area contributed by atoms with Gasteiger partial charge in [-0.05, 0) is 87.1 Å². The number of halogens is 3. The van der Waals surface area contributed by atoms with E-state index in [1.54, 1.807) is 23.1 Å². The molecule has 37 heavy (non-hydrogen) atoms. The number of benzene rings is 2. The second-order valence-electron chi connectivity index (χ2n) is 9.67. The minimum atomic E-state index is -4.46. The van der Waals surface area contributed by atoms with Crippen LogP contribution in [0.4, 0.5) is 40.8 Å². The number of nitrogens with zero attached hydrogens (tertiary/aromatic N) is 3. The van der Waals surface area contributed by atoms with Crippen molar-refractivity contribution in [1.29, 1.82) is 0 Å². The minimum absolute atomic E-state index is 0.0841. The lowest BCUT2D eigenvalue weighted by Crippen LogP contribution is -2.47. The molecule has 0 atom stereocenters. The maximum atomic E-state index is 13.5. The number of nitrogens with one attached hydrogen (secondary N) is 1. The molecule has 0 bridgehead atoms. The Hall–Kier alpha value is -3.75. The van der Waals surface area contributed by atoms with Gasteiger partial charge in [0.25, 0.3) is 0 Å². The molecule has 2 aliphatic rings. The van der Waals surface area contributed by atoms with E-state index in [0.717, 1.165) is 50.2 Å². The van der Waals surface area contributed by atoms with E-state index < -0.39 is 11.7 Å². The molecular weight excluding hydrogens is 479 g/mol. The molecule has 0 radical (unpaired) electrons. The Balaban J connectivity index is 1.40. The third-order valence-electron chi connectivity index (χ3n) is 7.12. The Labute approximate surface area is 214 Å². The number of piperidine rings is 1. The number of alkyl halides is 3. The largest absolute Gasteiger partial charge is 0.416 e. The molecule has 3 N–H and O–H groups in total. The summed E-state index contributed by atoms with van der Waals surface area (Å²) < 4.78 is 39.8. The number of nitrogen functional groups attached to an aromatic ring is 1. The van der Waals surface area contributed by atoms with Crippen molar-refractivity contribution in [1.82, 2.24) is 4.98 Å². The van der Waals surface area contributed by atoms with Gasteiger partial charge in [-0.25, -0.2) is 9.78 Å². The molecule has 6 nitrogen and oxygen atoms in total. The van der Waals surface area contributed by atoms with Gasteiger partial charge in [-0.2, -0.15) is 13.2 Å². The molecule has 0 unspecified atom stereocenters. The highest BCUT2D eigenvalue weighted by atomic mass is 19.4. The summed E-state index contributed by atoms with van der Waals surface area (Å²) >= 11 is 0. The first-order valence-electron chi connectivity index (χ1n) is 12.7. The van der Waals surface area contributed by atoms with Gasteiger partial charge in [0.15, 0.2) is 5.82 Å². The van der Waals surface area contributed by atoms with Gasteiger partial charge in [-0.1, -0.05) is 12.1 Å². The van der Waals surface area contributed by atoms with E-state index in [1.807, 2.05) is 24.3 Å². The Morgan fingerprint density at radius 3 is 2.35 bits per heavy atom. The highest BCUT2D eigenvalue weighted by molar-refractivity contribution is 6.03. The Morgan fingerprint density at radius 1 is 0.973 bits per heavy atom. The number of hydrogen-bond donors (Lipinski definition) is 2. The van der Waals surface area contributed by atoms with Crippen LogP contribution in [-0.2, 0) is 6.18 Å². The molecule has 9 heteroatoms. The molecule has 0 spiro atoms. The Morgan fingerprint density at radius 2 is 1.70 bits per heavy atom. The number of amides is 2. The summed E-state index contributed by atoms with van der Waals surface area (Å²) in [5.41, 5.74) is 8.19. The second-order valence-corrected chi connectivity index (χ2v) is 9.67. The molecule has 2 amide bonds. The molecule has 1 aliphatic heterocycles. The van der Waals surface area contributed by atoms with Crippen molar-refractivity contribution in [2.24, 2.45) is 0 Å². The average Bonchev–Trinajstić information content (AvgIpc) is 2.87. The van der Waals surface area contributed by atoms with Crippen molar-refractivity contribution in [2.75, 3.05) is 33.9 Å². The smallest absolute Gasteiger partial charge is 0.396 e. The van der Waals surface area contributed by atoms with E-state index in [4.69, 9.17) is 5.73 Å². The number of aromatic nitrogens is 1. The summed E-state index contributed by atoms with van der Waals surface area (Å²) in [5, 5.41) is 2.96. The van der Waals surface area contributed by atoms with E-state index in [1.165, 1.54) is 25.3 Å². The average molecular weight is 510 g/mol. The molecule has 2 aromatic carbocycles. The number of urea groups is 1. The lowest BCUT2D eigenvalue weighted by atomic mass is 9.91. The zero-order valence-corrected chi connectivity index (χ0v) is 20.5. The van der Waals surface area contributed by atoms with Gasteiger partial charge < -0.3 is 16.0 Å². The maximum Gasteiger partial charge on any atom is 0.416 e. The summed E-state index contributed by atoms with van der Waals surface area (Å²) in [6.07, 6.45) is 1.74. The lowest BCUT2D eigenvalue weighted by Gasteiger charge is -2.37. The predicted octanol–water partition coefficient (Wildman–Crippen LogP) is 6.93. The van der Waals surface area contributed by atoms with E-state index in [0.29, 0.717) is 22.6 Å². The minimum Gasteiger partial charge on any atom is -0.396 e. The predicted molar refractivity (Wildman–Crippen MR) is 141 cm³/mol. The zero-order valence-electron chi connectivity index (χ0n) is 20.5. The standard InChI is InChI=1S/C28H30F3N5O/c29-28(30,31)20-7-4-6-19(18-20)25-15-14-24(32)26(34-25)36(23-8-5-9-23)27(37)33-21-10-12-22(13-11-21)35-16-2-1-3-17-35/h4,6-7,10-15,18,23H,1-3,5,8-9,16-17,32H2,(H,33,37). The number of carbonyl (C=O) groups excluding carboxylic acids is 1. The monoisotopic (exact) mass is 509 g/mol. The quantitative estimate of drug-likeness (QED) is 0.391. The second kappa shape index (κ2) is 10.3. The SMILES string of the molecule is Nc1ccc(-c2cccc(C(F)(F)F)c2)nc1N(C(=O)Nc1ccc(N2CCCCC2)cc1)C1CCC1. The molecule has 5 rings (SSSR count). The van der Waals surface area contributed by atoms with Crippen LogP contribution in [0.25, 0.3) is 11.3 Å². The van der Waals surface area contributed by atoms with Crippen LogP contribution in [0.3, 0.4) is 0 Å². The first-order valence-corrected chi connectivity index (χ1v) is 12.7. The van der Waals surface area contributed by atoms with Crippen molar-refractivity contribution < 1.29 is 18.0 Å².